The van der Waals surface area contributed by atoms with E-state index in [1.165, 1.54) is 0 Å². The van der Waals surface area contributed by atoms with E-state index >= 15 is 0 Å². The second kappa shape index (κ2) is 9.14. The summed E-state index contributed by atoms with van der Waals surface area (Å²) in [7, 11) is 1.66. The average molecular weight is 452 g/mol. The van der Waals surface area contributed by atoms with Gasteiger partial charge in [-0.2, -0.15) is 0 Å². The van der Waals surface area contributed by atoms with E-state index in [1.807, 2.05) is 28.9 Å². The SMILES string of the molecule is COc1ccc([C@H](c2nnnn2C(C)(C)C)N2CCN(c3ccc([N+](=O)[O-])cc3)CC2)cc1. The number of rotatable bonds is 6. The number of aromatic nitrogens is 4. The van der Waals surface area contributed by atoms with Gasteiger partial charge in [-0.25, -0.2) is 4.68 Å². The molecule has 1 fully saturated rings. The predicted octanol–water partition coefficient (Wildman–Crippen LogP) is 3.26. The molecular weight excluding hydrogens is 422 g/mol. The number of nitrogens with zero attached hydrogens (tertiary/aromatic N) is 7. The molecule has 2 heterocycles. The van der Waals surface area contributed by atoms with Crippen LogP contribution in [0.2, 0.25) is 0 Å². The molecule has 1 aromatic heterocycles. The number of nitro groups is 1. The molecule has 1 saturated heterocycles. The van der Waals surface area contributed by atoms with Crippen LogP contribution in [0.4, 0.5) is 11.4 Å². The van der Waals surface area contributed by atoms with Crippen LogP contribution in [0.3, 0.4) is 0 Å². The van der Waals surface area contributed by atoms with Crippen LogP contribution in [0.25, 0.3) is 0 Å². The number of benzene rings is 2. The number of non-ortho nitro benzene ring substituents is 1. The lowest BCUT2D eigenvalue weighted by Gasteiger charge is -2.40. The number of tetrazole rings is 1. The van der Waals surface area contributed by atoms with Gasteiger partial charge in [-0.15, -0.1) is 5.10 Å². The van der Waals surface area contributed by atoms with Crippen LogP contribution in [0.1, 0.15) is 38.2 Å². The van der Waals surface area contributed by atoms with Gasteiger partial charge < -0.3 is 9.64 Å². The second-order valence-electron chi connectivity index (χ2n) is 9.09. The highest BCUT2D eigenvalue weighted by Gasteiger charge is 2.33. The zero-order valence-electron chi connectivity index (χ0n) is 19.4. The molecule has 0 spiro atoms. The molecule has 1 aliphatic rings. The number of ether oxygens (including phenoxy) is 1. The van der Waals surface area contributed by atoms with Crippen LogP contribution < -0.4 is 9.64 Å². The van der Waals surface area contributed by atoms with Gasteiger partial charge in [-0.1, -0.05) is 12.1 Å². The Labute approximate surface area is 192 Å². The van der Waals surface area contributed by atoms with E-state index in [2.05, 4.69) is 58.2 Å². The van der Waals surface area contributed by atoms with E-state index < -0.39 is 0 Å². The van der Waals surface area contributed by atoms with Crippen LogP contribution in [0.15, 0.2) is 48.5 Å². The van der Waals surface area contributed by atoms with Gasteiger partial charge in [0.1, 0.15) is 5.75 Å². The molecule has 174 valence electrons. The molecule has 4 rings (SSSR count). The Balaban J connectivity index is 1.59. The van der Waals surface area contributed by atoms with Crippen molar-refractivity contribution in [1.82, 2.24) is 25.1 Å². The van der Waals surface area contributed by atoms with E-state index in [0.29, 0.717) is 0 Å². The van der Waals surface area contributed by atoms with Crippen LogP contribution in [0, 0.1) is 10.1 Å². The third-order valence-electron chi connectivity index (χ3n) is 5.91. The summed E-state index contributed by atoms with van der Waals surface area (Å²) in [6.45, 7) is 9.44. The van der Waals surface area contributed by atoms with Gasteiger partial charge in [0.25, 0.3) is 5.69 Å². The van der Waals surface area contributed by atoms with Crippen molar-refractivity contribution < 1.29 is 9.66 Å². The monoisotopic (exact) mass is 451 g/mol. The number of methoxy groups -OCH3 is 1. The van der Waals surface area contributed by atoms with Gasteiger partial charge in [-0.3, -0.25) is 15.0 Å². The molecule has 0 amide bonds. The average Bonchev–Trinajstić information content (AvgIpc) is 3.30. The van der Waals surface area contributed by atoms with Crippen LogP contribution in [-0.2, 0) is 5.54 Å². The maximum Gasteiger partial charge on any atom is 0.269 e. The zero-order valence-corrected chi connectivity index (χ0v) is 19.4. The van der Waals surface area contributed by atoms with Crippen LogP contribution in [0.5, 0.6) is 5.75 Å². The van der Waals surface area contributed by atoms with Crippen molar-refractivity contribution in [2.45, 2.75) is 32.4 Å². The Morgan fingerprint density at radius 3 is 2.18 bits per heavy atom. The Morgan fingerprint density at radius 2 is 1.64 bits per heavy atom. The Bertz CT molecular complexity index is 1080. The van der Waals surface area contributed by atoms with E-state index in [0.717, 1.165) is 49.0 Å². The highest BCUT2D eigenvalue weighted by atomic mass is 16.6. The van der Waals surface area contributed by atoms with Crippen molar-refractivity contribution in [3.05, 3.63) is 70.0 Å². The summed E-state index contributed by atoms with van der Waals surface area (Å²) in [4.78, 5) is 15.2. The molecule has 10 heteroatoms. The molecule has 0 saturated carbocycles. The summed E-state index contributed by atoms with van der Waals surface area (Å²) in [5, 5.41) is 23.7. The summed E-state index contributed by atoms with van der Waals surface area (Å²) in [6.07, 6.45) is 0. The van der Waals surface area contributed by atoms with Crippen LogP contribution >= 0.6 is 0 Å². The van der Waals surface area contributed by atoms with Crippen molar-refractivity contribution in [2.24, 2.45) is 0 Å². The molecule has 0 radical (unpaired) electrons. The summed E-state index contributed by atoms with van der Waals surface area (Å²) in [5.41, 5.74) is 1.93. The molecule has 10 nitrogen and oxygen atoms in total. The number of hydrogen-bond donors (Lipinski definition) is 0. The minimum Gasteiger partial charge on any atom is -0.497 e. The van der Waals surface area contributed by atoms with Gasteiger partial charge in [0, 0.05) is 44.0 Å². The van der Waals surface area contributed by atoms with Crippen LogP contribution in [-0.4, -0.2) is 63.3 Å². The molecule has 0 bridgehead atoms. The first-order valence-electron chi connectivity index (χ1n) is 10.9. The zero-order chi connectivity index (χ0) is 23.6. The van der Waals surface area contributed by atoms with Crippen molar-refractivity contribution in [3.8, 4) is 5.75 Å². The van der Waals surface area contributed by atoms with Crippen molar-refractivity contribution in [3.63, 3.8) is 0 Å². The number of nitro benzene ring substituents is 1. The molecule has 1 atom stereocenters. The molecular formula is C23H29N7O3. The molecule has 2 aromatic carbocycles. The van der Waals surface area contributed by atoms with E-state index in [1.54, 1.807) is 19.2 Å². The van der Waals surface area contributed by atoms with Gasteiger partial charge in [0.2, 0.25) is 0 Å². The Morgan fingerprint density at radius 1 is 1.00 bits per heavy atom. The highest BCUT2D eigenvalue weighted by Crippen LogP contribution is 2.32. The molecule has 0 unspecified atom stereocenters. The second-order valence-corrected chi connectivity index (χ2v) is 9.09. The summed E-state index contributed by atoms with van der Waals surface area (Å²) in [6, 6.07) is 14.7. The third-order valence-corrected chi connectivity index (χ3v) is 5.91. The normalized spacial score (nSPS) is 15.9. The van der Waals surface area contributed by atoms with Crippen molar-refractivity contribution in [1.29, 1.82) is 0 Å². The van der Waals surface area contributed by atoms with Gasteiger partial charge >= 0.3 is 0 Å². The number of anilines is 1. The number of hydrogen-bond acceptors (Lipinski definition) is 8. The van der Waals surface area contributed by atoms with Gasteiger partial charge in [0.15, 0.2) is 5.82 Å². The summed E-state index contributed by atoms with van der Waals surface area (Å²) >= 11 is 0. The first kappa shape index (κ1) is 22.7. The van der Waals surface area contributed by atoms with Crippen molar-refractivity contribution in [2.75, 3.05) is 38.2 Å². The molecule has 0 N–H and O–H groups in total. The fraction of sp³-hybridized carbons (Fsp3) is 0.435. The molecule has 33 heavy (non-hydrogen) atoms. The lowest BCUT2D eigenvalue weighted by atomic mass is 10.0. The smallest absolute Gasteiger partial charge is 0.269 e. The van der Waals surface area contributed by atoms with Crippen molar-refractivity contribution >= 4 is 11.4 Å². The van der Waals surface area contributed by atoms with Gasteiger partial charge in [-0.05, 0) is 61.0 Å². The third kappa shape index (κ3) is 4.80. The standard InChI is InChI=1S/C23H29N7O3/c1-23(2,3)29-22(24-25-26-29)21(17-5-11-20(33-4)12-6-17)28-15-13-27(14-16-28)18-7-9-19(10-8-18)30(31)32/h5-12,21H,13-16H2,1-4H3/t21-/m1/s1. The first-order valence-corrected chi connectivity index (χ1v) is 10.9. The minimum atomic E-state index is -0.374. The molecule has 1 aliphatic heterocycles. The maximum absolute atomic E-state index is 11.0. The fourth-order valence-electron chi connectivity index (χ4n) is 4.18. The number of piperazine rings is 1. The Hall–Kier alpha value is -3.53. The first-order chi connectivity index (χ1) is 15.8. The van der Waals surface area contributed by atoms with E-state index in [-0.39, 0.29) is 22.2 Å². The fourth-order valence-corrected chi connectivity index (χ4v) is 4.18. The maximum atomic E-state index is 11.0. The molecule has 3 aromatic rings. The van der Waals surface area contributed by atoms with E-state index in [9.17, 15) is 10.1 Å². The lowest BCUT2D eigenvalue weighted by Crippen LogP contribution is -2.48. The summed E-state index contributed by atoms with van der Waals surface area (Å²) in [5.74, 6) is 1.60. The summed E-state index contributed by atoms with van der Waals surface area (Å²) < 4.78 is 7.23. The quantitative estimate of drug-likeness (QED) is 0.416. The molecule has 0 aliphatic carbocycles. The van der Waals surface area contributed by atoms with Gasteiger partial charge in [0.05, 0.1) is 23.6 Å². The topological polar surface area (TPSA) is 102 Å². The van der Waals surface area contributed by atoms with E-state index in [4.69, 9.17) is 4.74 Å². The largest absolute Gasteiger partial charge is 0.497 e. The minimum absolute atomic E-state index is 0.103. The lowest BCUT2D eigenvalue weighted by molar-refractivity contribution is -0.384. The predicted molar refractivity (Wildman–Crippen MR) is 125 cm³/mol. The Kier molecular flexibility index (Phi) is 6.28. The highest BCUT2D eigenvalue weighted by molar-refractivity contribution is 5.51.